The number of halogens is 3. The molecule has 0 aliphatic heterocycles. The number of anilines is 1. The molecule has 0 spiro atoms. The largest absolute Gasteiger partial charge is 0.434 e. The van der Waals surface area contributed by atoms with Crippen LogP contribution in [-0.2, 0) is 10.0 Å². The highest BCUT2D eigenvalue weighted by Gasteiger charge is 2.20. The fourth-order valence-electron chi connectivity index (χ4n) is 2.46. The summed E-state index contributed by atoms with van der Waals surface area (Å²) in [7, 11) is -2.69. The summed E-state index contributed by atoms with van der Waals surface area (Å²) in [5.41, 5.74) is 0.0471. The second-order valence-electron chi connectivity index (χ2n) is 5.72. The van der Waals surface area contributed by atoms with Crippen molar-refractivity contribution in [1.82, 2.24) is 9.71 Å². The van der Waals surface area contributed by atoms with Crippen LogP contribution < -0.4 is 14.8 Å². The lowest BCUT2D eigenvalue weighted by molar-refractivity contribution is -0.0494. The van der Waals surface area contributed by atoms with Gasteiger partial charge >= 0.3 is 6.61 Å². The van der Waals surface area contributed by atoms with Gasteiger partial charge in [-0.3, -0.25) is 10.1 Å². The average molecular weight is 457 g/mol. The van der Waals surface area contributed by atoms with Crippen LogP contribution in [0.25, 0.3) is 11.3 Å². The normalized spacial score (nSPS) is 11.5. The molecule has 0 saturated carbocycles. The molecule has 0 bridgehead atoms. The Balaban J connectivity index is 1.86. The molecular formula is C18H14F3N3O4S2. The first-order valence-electron chi connectivity index (χ1n) is 8.25. The van der Waals surface area contributed by atoms with Crippen molar-refractivity contribution in [2.45, 2.75) is 11.5 Å². The number of amides is 1. The fourth-order valence-corrected chi connectivity index (χ4v) is 3.92. The fraction of sp³-hybridized carbons (Fsp3) is 0.111. The van der Waals surface area contributed by atoms with Gasteiger partial charge in [0.25, 0.3) is 5.91 Å². The van der Waals surface area contributed by atoms with E-state index >= 15 is 0 Å². The van der Waals surface area contributed by atoms with E-state index in [-0.39, 0.29) is 27.0 Å². The lowest BCUT2D eigenvalue weighted by Crippen LogP contribution is -2.20. The van der Waals surface area contributed by atoms with Crippen LogP contribution >= 0.6 is 11.3 Å². The Morgan fingerprint density at radius 2 is 1.93 bits per heavy atom. The van der Waals surface area contributed by atoms with Crippen molar-refractivity contribution in [1.29, 1.82) is 0 Å². The summed E-state index contributed by atoms with van der Waals surface area (Å²) in [6.45, 7) is -3.02. The summed E-state index contributed by atoms with van der Waals surface area (Å²) in [4.78, 5) is 16.3. The molecule has 3 aromatic rings. The van der Waals surface area contributed by atoms with Crippen LogP contribution in [-0.4, -0.2) is 33.0 Å². The van der Waals surface area contributed by atoms with Crippen molar-refractivity contribution in [2.24, 2.45) is 0 Å². The van der Waals surface area contributed by atoms with Crippen molar-refractivity contribution in [2.75, 3.05) is 12.4 Å². The minimum absolute atomic E-state index is 0.0585. The Morgan fingerprint density at radius 1 is 1.20 bits per heavy atom. The topological polar surface area (TPSA) is 97.4 Å². The van der Waals surface area contributed by atoms with E-state index in [1.165, 1.54) is 30.6 Å². The van der Waals surface area contributed by atoms with E-state index in [0.717, 1.165) is 29.5 Å². The molecule has 0 atom stereocenters. The smallest absolute Gasteiger partial charge is 0.387 e. The van der Waals surface area contributed by atoms with Crippen LogP contribution in [0.5, 0.6) is 5.75 Å². The number of hydrogen-bond donors (Lipinski definition) is 2. The molecule has 0 aliphatic carbocycles. The molecule has 0 fully saturated rings. The van der Waals surface area contributed by atoms with E-state index < -0.39 is 33.9 Å². The molecule has 2 N–H and O–H groups in total. The Bertz CT molecular complexity index is 1180. The maximum Gasteiger partial charge on any atom is 0.387 e. The highest BCUT2D eigenvalue weighted by atomic mass is 32.2. The van der Waals surface area contributed by atoms with Gasteiger partial charge in [0, 0.05) is 10.9 Å². The number of carbonyl (C=O) groups excluding carboxylic acids is 1. The molecule has 30 heavy (non-hydrogen) atoms. The number of ether oxygens (including phenoxy) is 1. The Labute approximate surface area is 173 Å². The molecule has 0 saturated heterocycles. The third-order valence-corrected chi connectivity index (χ3v) is 6.03. The van der Waals surface area contributed by atoms with Gasteiger partial charge in [0.2, 0.25) is 10.0 Å². The number of para-hydroxylation sites is 1. The number of nitrogens with one attached hydrogen (secondary N) is 2. The number of nitrogens with zero attached hydrogens (tertiary/aromatic N) is 1. The predicted octanol–water partition coefficient (Wildman–Crippen LogP) is 3.71. The third kappa shape index (κ3) is 4.78. The zero-order valence-electron chi connectivity index (χ0n) is 15.2. The molecule has 0 radical (unpaired) electrons. The molecular weight excluding hydrogens is 443 g/mol. The number of thiazole rings is 1. The van der Waals surface area contributed by atoms with Crippen molar-refractivity contribution in [3.05, 3.63) is 59.2 Å². The van der Waals surface area contributed by atoms with Crippen LogP contribution in [0, 0.1) is 5.82 Å². The second kappa shape index (κ2) is 8.81. The minimum Gasteiger partial charge on any atom is -0.434 e. The van der Waals surface area contributed by atoms with Crippen LogP contribution in [0.3, 0.4) is 0 Å². The Morgan fingerprint density at radius 3 is 2.63 bits per heavy atom. The molecule has 3 rings (SSSR count). The standard InChI is InChI=1S/C18H14F3N3O4S2/c1-22-30(26,27)10-6-7-13(19)12(8-10)16(25)24-18-23-14(9-29-18)11-4-2-3-5-15(11)28-17(20)21/h2-9,17,22H,1H3,(H,23,24,25). The summed E-state index contributed by atoms with van der Waals surface area (Å²) in [6, 6.07) is 8.78. The summed E-state index contributed by atoms with van der Waals surface area (Å²) >= 11 is 0.976. The van der Waals surface area contributed by atoms with Crippen LogP contribution in [0.4, 0.5) is 18.3 Å². The van der Waals surface area contributed by atoms with Gasteiger partial charge < -0.3 is 4.74 Å². The molecule has 7 nitrogen and oxygen atoms in total. The number of rotatable bonds is 7. The maximum absolute atomic E-state index is 14.1. The van der Waals surface area contributed by atoms with Crippen molar-refractivity contribution in [3.8, 4) is 17.0 Å². The zero-order chi connectivity index (χ0) is 21.9. The molecule has 1 heterocycles. The van der Waals surface area contributed by atoms with Gasteiger partial charge in [-0.05, 0) is 37.4 Å². The van der Waals surface area contributed by atoms with E-state index in [1.54, 1.807) is 6.07 Å². The second-order valence-corrected chi connectivity index (χ2v) is 8.46. The monoisotopic (exact) mass is 457 g/mol. The molecule has 158 valence electrons. The van der Waals surface area contributed by atoms with E-state index in [9.17, 15) is 26.4 Å². The van der Waals surface area contributed by atoms with Crippen molar-refractivity contribution >= 4 is 32.4 Å². The molecule has 0 unspecified atom stereocenters. The van der Waals surface area contributed by atoms with E-state index in [2.05, 4.69) is 19.8 Å². The van der Waals surface area contributed by atoms with Gasteiger partial charge in [0.1, 0.15) is 11.6 Å². The van der Waals surface area contributed by atoms with Gasteiger partial charge in [-0.15, -0.1) is 11.3 Å². The van der Waals surface area contributed by atoms with E-state index in [4.69, 9.17) is 0 Å². The Kier molecular flexibility index (Phi) is 6.39. The van der Waals surface area contributed by atoms with Crippen molar-refractivity contribution < 1.29 is 31.1 Å². The quantitative estimate of drug-likeness (QED) is 0.564. The Hall–Kier alpha value is -2.96. The summed E-state index contributed by atoms with van der Waals surface area (Å²) in [5, 5.41) is 3.93. The summed E-state index contributed by atoms with van der Waals surface area (Å²) in [6.07, 6.45) is 0. The van der Waals surface area contributed by atoms with Gasteiger partial charge in [0.15, 0.2) is 5.13 Å². The number of sulfonamides is 1. The highest BCUT2D eigenvalue weighted by Crippen LogP contribution is 2.33. The van der Waals surface area contributed by atoms with Crippen molar-refractivity contribution in [3.63, 3.8) is 0 Å². The predicted molar refractivity (Wildman–Crippen MR) is 105 cm³/mol. The molecule has 1 amide bonds. The lowest BCUT2D eigenvalue weighted by atomic mass is 10.1. The SMILES string of the molecule is CNS(=O)(=O)c1ccc(F)c(C(=O)Nc2nc(-c3ccccc3OC(F)F)cs2)c1. The third-order valence-electron chi connectivity index (χ3n) is 3.87. The van der Waals surface area contributed by atoms with Gasteiger partial charge in [-0.2, -0.15) is 8.78 Å². The number of carbonyl (C=O) groups is 1. The zero-order valence-corrected chi connectivity index (χ0v) is 16.9. The minimum atomic E-state index is -3.88. The molecule has 2 aromatic carbocycles. The first-order chi connectivity index (χ1) is 14.2. The van der Waals surface area contributed by atoms with Gasteiger partial charge in [-0.1, -0.05) is 12.1 Å². The molecule has 12 heteroatoms. The first-order valence-corrected chi connectivity index (χ1v) is 10.6. The summed E-state index contributed by atoms with van der Waals surface area (Å²) in [5.74, 6) is -1.93. The van der Waals surface area contributed by atoms with E-state index in [0.29, 0.717) is 0 Å². The number of alkyl halides is 2. The van der Waals surface area contributed by atoms with Crippen LogP contribution in [0.15, 0.2) is 52.7 Å². The highest BCUT2D eigenvalue weighted by molar-refractivity contribution is 7.89. The van der Waals surface area contributed by atoms with Crippen LogP contribution in [0.2, 0.25) is 0 Å². The maximum atomic E-state index is 14.1. The van der Waals surface area contributed by atoms with Gasteiger partial charge in [0.05, 0.1) is 16.2 Å². The lowest BCUT2D eigenvalue weighted by Gasteiger charge is -2.08. The number of aromatic nitrogens is 1. The molecule has 0 aliphatic rings. The van der Waals surface area contributed by atoms with Gasteiger partial charge in [-0.25, -0.2) is 22.5 Å². The first kappa shape index (κ1) is 21.7. The number of benzene rings is 2. The summed E-state index contributed by atoms with van der Waals surface area (Å²) < 4.78 is 69.5. The molecule has 1 aromatic heterocycles. The van der Waals surface area contributed by atoms with Crippen LogP contribution in [0.1, 0.15) is 10.4 Å². The van der Waals surface area contributed by atoms with E-state index in [1.807, 2.05) is 0 Å². The number of hydrogen-bond acceptors (Lipinski definition) is 6. The average Bonchev–Trinajstić information content (AvgIpc) is 3.16.